The topological polar surface area (TPSA) is 41.6 Å². The Kier molecular flexibility index (Phi) is 6.18. The number of aryl methyl sites for hydroxylation is 1. The molecule has 24 heavy (non-hydrogen) atoms. The number of piperidine rings is 1. The molecule has 1 amide bonds. The Morgan fingerprint density at radius 3 is 2.50 bits per heavy atom. The second-order valence-electron chi connectivity index (χ2n) is 7.70. The zero-order chi connectivity index (χ0) is 17.9. The van der Waals surface area contributed by atoms with Crippen LogP contribution in [-0.4, -0.2) is 35.7 Å². The van der Waals surface area contributed by atoms with Crippen molar-refractivity contribution in [1.82, 2.24) is 4.90 Å². The van der Waals surface area contributed by atoms with E-state index in [9.17, 15) is 4.79 Å². The lowest BCUT2D eigenvalue weighted by molar-refractivity contribution is 0.0179. The van der Waals surface area contributed by atoms with E-state index in [4.69, 9.17) is 4.74 Å². The standard InChI is InChI=1S/C19H29BrN2O2/c1-13-12-16(6-7-17(13)20)21-14(2)15-8-10-22(11-9-15)18(23)24-19(3,4)5/h6-7,12,14-15,21H,8-11H2,1-5H3. The van der Waals surface area contributed by atoms with E-state index in [0.717, 1.165) is 36.1 Å². The van der Waals surface area contributed by atoms with Gasteiger partial charge in [-0.25, -0.2) is 4.79 Å². The zero-order valence-corrected chi connectivity index (χ0v) is 16.9. The molecule has 1 aromatic rings. The zero-order valence-electron chi connectivity index (χ0n) is 15.4. The van der Waals surface area contributed by atoms with Crippen LogP contribution in [0.2, 0.25) is 0 Å². The van der Waals surface area contributed by atoms with Crippen LogP contribution in [0.15, 0.2) is 22.7 Å². The normalized spacial score (nSPS) is 17.5. The molecular weight excluding hydrogens is 368 g/mol. The van der Waals surface area contributed by atoms with Gasteiger partial charge in [-0.15, -0.1) is 0 Å². The van der Waals surface area contributed by atoms with Crippen LogP contribution in [0.25, 0.3) is 0 Å². The van der Waals surface area contributed by atoms with Crippen LogP contribution < -0.4 is 5.32 Å². The molecule has 5 heteroatoms. The first kappa shape index (κ1) is 19.1. The maximum Gasteiger partial charge on any atom is 0.410 e. The largest absolute Gasteiger partial charge is 0.444 e. The van der Waals surface area contributed by atoms with Crippen molar-refractivity contribution in [2.45, 2.75) is 59.1 Å². The van der Waals surface area contributed by atoms with Gasteiger partial charge in [0.05, 0.1) is 0 Å². The minimum atomic E-state index is -0.428. The highest BCUT2D eigenvalue weighted by atomic mass is 79.9. The number of amides is 1. The molecule has 134 valence electrons. The molecule has 1 heterocycles. The first-order valence-corrected chi connectivity index (χ1v) is 9.45. The Balaban J connectivity index is 1.85. The van der Waals surface area contributed by atoms with Crippen molar-refractivity contribution >= 4 is 27.7 Å². The fraction of sp³-hybridized carbons (Fsp3) is 0.632. The van der Waals surface area contributed by atoms with Crippen molar-refractivity contribution in [2.24, 2.45) is 5.92 Å². The fourth-order valence-electron chi connectivity index (χ4n) is 3.02. The summed E-state index contributed by atoms with van der Waals surface area (Å²) in [5.41, 5.74) is 1.95. The summed E-state index contributed by atoms with van der Waals surface area (Å²) in [6.45, 7) is 11.6. The number of nitrogens with zero attached hydrogens (tertiary/aromatic N) is 1. The first-order valence-electron chi connectivity index (χ1n) is 8.66. The molecule has 0 aliphatic carbocycles. The van der Waals surface area contributed by atoms with E-state index in [0.29, 0.717) is 12.0 Å². The molecule has 1 fully saturated rings. The van der Waals surface area contributed by atoms with Gasteiger partial charge in [0.15, 0.2) is 0 Å². The van der Waals surface area contributed by atoms with Crippen LogP contribution in [-0.2, 0) is 4.74 Å². The number of benzene rings is 1. The average molecular weight is 397 g/mol. The summed E-state index contributed by atoms with van der Waals surface area (Å²) in [7, 11) is 0. The van der Waals surface area contributed by atoms with Gasteiger partial charge >= 0.3 is 6.09 Å². The number of likely N-dealkylation sites (tertiary alicyclic amines) is 1. The maximum atomic E-state index is 12.1. The number of hydrogen-bond donors (Lipinski definition) is 1. The van der Waals surface area contributed by atoms with Crippen LogP contribution in [0.4, 0.5) is 10.5 Å². The average Bonchev–Trinajstić information content (AvgIpc) is 2.49. The molecule has 1 atom stereocenters. The maximum absolute atomic E-state index is 12.1. The van der Waals surface area contributed by atoms with E-state index >= 15 is 0 Å². The van der Waals surface area contributed by atoms with Crippen molar-refractivity contribution in [3.63, 3.8) is 0 Å². The summed E-state index contributed by atoms with van der Waals surface area (Å²) < 4.78 is 6.59. The predicted octanol–water partition coefficient (Wildman–Crippen LogP) is 5.21. The van der Waals surface area contributed by atoms with Crippen LogP contribution in [0.1, 0.15) is 46.1 Å². The summed E-state index contributed by atoms with van der Waals surface area (Å²) in [6, 6.07) is 6.72. The number of halogens is 1. The molecule has 1 N–H and O–H groups in total. The van der Waals surface area contributed by atoms with Gasteiger partial charge in [-0.2, -0.15) is 0 Å². The lowest BCUT2D eigenvalue weighted by Crippen LogP contribution is -2.44. The number of anilines is 1. The highest BCUT2D eigenvalue weighted by molar-refractivity contribution is 9.10. The van der Waals surface area contributed by atoms with E-state index in [-0.39, 0.29) is 6.09 Å². The van der Waals surface area contributed by atoms with Crippen molar-refractivity contribution in [3.8, 4) is 0 Å². The van der Waals surface area contributed by atoms with Crippen LogP contribution in [0.3, 0.4) is 0 Å². The van der Waals surface area contributed by atoms with Crippen LogP contribution >= 0.6 is 15.9 Å². The van der Waals surface area contributed by atoms with E-state index in [1.54, 1.807) is 0 Å². The van der Waals surface area contributed by atoms with Crippen molar-refractivity contribution in [3.05, 3.63) is 28.2 Å². The first-order chi connectivity index (χ1) is 11.2. The number of ether oxygens (including phenoxy) is 1. The molecule has 0 radical (unpaired) electrons. The highest BCUT2D eigenvalue weighted by Gasteiger charge is 2.29. The monoisotopic (exact) mass is 396 g/mol. The number of carbonyl (C=O) groups excluding carboxylic acids is 1. The summed E-state index contributed by atoms with van der Waals surface area (Å²) >= 11 is 3.54. The van der Waals surface area contributed by atoms with Gasteiger partial charge in [-0.3, -0.25) is 0 Å². The van der Waals surface area contributed by atoms with Crippen LogP contribution in [0, 0.1) is 12.8 Å². The molecule has 0 saturated carbocycles. The Hall–Kier alpha value is -1.23. The van der Waals surface area contributed by atoms with Crippen molar-refractivity contribution < 1.29 is 9.53 Å². The van der Waals surface area contributed by atoms with Gasteiger partial charge in [0.2, 0.25) is 0 Å². The van der Waals surface area contributed by atoms with Crippen LogP contribution in [0.5, 0.6) is 0 Å². The Morgan fingerprint density at radius 2 is 1.96 bits per heavy atom. The summed E-state index contributed by atoms with van der Waals surface area (Å²) in [6.07, 6.45) is 1.82. The quantitative estimate of drug-likeness (QED) is 0.762. The number of rotatable bonds is 3. The second-order valence-corrected chi connectivity index (χ2v) is 8.56. The summed E-state index contributed by atoms with van der Waals surface area (Å²) in [5.74, 6) is 0.563. The molecule has 4 nitrogen and oxygen atoms in total. The minimum Gasteiger partial charge on any atom is -0.444 e. The number of nitrogens with one attached hydrogen (secondary N) is 1. The van der Waals surface area contributed by atoms with Gasteiger partial charge in [-0.1, -0.05) is 15.9 Å². The van der Waals surface area contributed by atoms with Crippen molar-refractivity contribution in [1.29, 1.82) is 0 Å². The highest BCUT2D eigenvalue weighted by Crippen LogP contribution is 2.26. The van der Waals surface area contributed by atoms with Gasteiger partial charge in [0, 0.05) is 29.3 Å². The molecule has 0 aromatic heterocycles. The van der Waals surface area contributed by atoms with E-state index in [2.05, 4.69) is 53.3 Å². The molecule has 1 unspecified atom stereocenters. The molecule has 2 rings (SSSR count). The molecule has 0 spiro atoms. The minimum absolute atomic E-state index is 0.190. The Labute approximate surface area is 154 Å². The smallest absolute Gasteiger partial charge is 0.410 e. The molecule has 1 aromatic carbocycles. The summed E-state index contributed by atoms with van der Waals surface area (Å²) in [4.78, 5) is 14.0. The van der Waals surface area contributed by atoms with Gasteiger partial charge in [0.1, 0.15) is 5.60 Å². The second kappa shape index (κ2) is 7.77. The van der Waals surface area contributed by atoms with E-state index in [1.807, 2.05) is 25.7 Å². The van der Waals surface area contributed by atoms with Crippen molar-refractivity contribution in [2.75, 3.05) is 18.4 Å². The molecule has 1 saturated heterocycles. The van der Waals surface area contributed by atoms with Gasteiger partial charge < -0.3 is 15.0 Å². The summed E-state index contributed by atoms with van der Waals surface area (Å²) in [5, 5.41) is 3.61. The van der Waals surface area contributed by atoms with Gasteiger partial charge in [-0.05, 0) is 77.1 Å². The number of carbonyl (C=O) groups is 1. The molecular formula is C19H29BrN2O2. The third kappa shape index (κ3) is 5.40. The molecule has 1 aliphatic heterocycles. The molecule has 1 aliphatic rings. The predicted molar refractivity (Wildman–Crippen MR) is 102 cm³/mol. The lowest BCUT2D eigenvalue weighted by Gasteiger charge is -2.36. The van der Waals surface area contributed by atoms with E-state index in [1.165, 1.54) is 5.56 Å². The Morgan fingerprint density at radius 1 is 1.33 bits per heavy atom. The molecule has 0 bridgehead atoms. The lowest BCUT2D eigenvalue weighted by atomic mass is 9.90. The van der Waals surface area contributed by atoms with E-state index < -0.39 is 5.60 Å². The number of hydrogen-bond acceptors (Lipinski definition) is 3. The van der Waals surface area contributed by atoms with Gasteiger partial charge in [0.25, 0.3) is 0 Å². The fourth-order valence-corrected chi connectivity index (χ4v) is 3.27. The third-order valence-electron chi connectivity index (χ3n) is 4.45. The Bertz CT molecular complexity index is 575. The SMILES string of the molecule is Cc1cc(NC(C)C2CCN(C(=O)OC(C)(C)C)CC2)ccc1Br. The third-order valence-corrected chi connectivity index (χ3v) is 5.34.